The van der Waals surface area contributed by atoms with Crippen LogP contribution in [0, 0.1) is 0 Å². The first kappa shape index (κ1) is 13.1. The molecule has 18 heavy (non-hydrogen) atoms. The lowest BCUT2D eigenvalue weighted by atomic mass is 10.5. The second kappa shape index (κ2) is 6.55. The summed E-state index contributed by atoms with van der Waals surface area (Å²) in [6, 6.07) is 0. The third-order valence-corrected chi connectivity index (χ3v) is 3.45. The SMILES string of the molecule is CCCSCc1noc(-c2cn(CCN)cn2)n1. The second-order valence-corrected chi connectivity index (χ2v) is 4.96. The molecule has 0 spiro atoms. The molecular weight excluding hydrogens is 250 g/mol. The van der Waals surface area contributed by atoms with Crippen LogP contribution in [0.15, 0.2) is 17.0 Å². The molecule has 2 aromatic heterocycles. The van der Waals surface area contributed by atoms with Crippen molar-refractivity contribution in [1.82, 2.24) is 19.7 Å². The molecule has 2 N–H and O–H groups in total. The van der Waals surface area contributed by atoms with E-state index in [1.54, 1.807) is 18.1 Å². The molecular formula is C11H17N5OS. The molecule has 0 amide bonds. The lowest BCUT2D eigenvalue weighted by Gasteiger charge is -1.94. The van der Waals surface area contributed by atoms with Crippen molar-refractivity contribution >= 4 is 11.8 Å². The van der Waals surface area contributed by atoms with Crippen molar-refractivity contribution in [1.29, 1.82) is 0 Å². The molecule has 0 aliphatic carbocycles. The van der Waals surface area contributed by atoms with Crippen LogP contribution in [0.25, 0.3) is 11.6 Å². The fourth-order valence-corrected chi connectivity index (χ4v) is 2.20. The number of hydrogen-bond donors (Lipinski definition) is 1. The van der Waals surface area contributed by atoms with E-state index in [2.05, 4.69) is 22.0 Å². The molecule has 0 saturated heterocycles. The van der Waals surface area contributed by atoms with E-state index in [1.165, 1.54) is 0 Å². The first-order valence-corrected chi connectivity index (χ1v) is 7.11. The van der Waals surface area contributed by atoms with Crippen molar-refractivity contribution in [3.63, 3.8) is 0 Å². The molecule has 0 aromatic carbocycles. The normalized spacial score (nSPS) is 11.0. The third kappa shape index (κ3) is 3.33. The quantitative estimate of drug-likeness (QED) is 0.766. The molecule has 2 aromatic rings. The van der Waals surface area contributed by atoms with Gasteiger partial charge in [0.25, 0.3) is 5.89 Å². The Bertz CT molecular complexity index is 481. The maximum absolute atomic E-state index is 5.48. The van der Waals surface area contributed by atoms with Crippen molar-refractivity contribution < 1.29 is 4.52 Å². The molecule has 0 radical (unpaired) electrons. The van der Waals surface area contributed by atoms with Crippen LogP contribution < -0.4 is 5.73 Å². The van der Waals surface area contributed by atoms with E-state index >= 15 is 0 Å². The monoisotopic (exact) mass is 267 g/mol. The first-order chi connectivity index (χ1) is 8.83. The Morgan fingerprint density at radius 2 is 2.39 bits per heavy atom. The molecule has 6 nitrogen and oxygen atoms in total. The van der Waals surface area contributed by atoms with Gasteiger partial charge in [-0.2, -0.15) is 16.7 Å². The maximum Gasteiger partial charge on any atom is 0.278 e. The van der Waals surface area contributed by atoms with E-state index < -0.39 is 0 Å². The van der Waals surface area contributed by atoms with Crippen LogP contribution >= 0.6 is 11.8 Å². The van der Waals surface area contributed by atoms with Gasteiger partial charge in [0.2, 0.25) is 0 Å². The Balaban J connectivity index is 1.99. The van der Waals surface area contributed by atoms with Crippen LogP contribution in [0.1, 0.15) is 19.2 Å². The van der Waals surface area contributed by atoms with Gasteiger partial charge in [0, 0.05) is 19.3 Å². The summed E-state index contributed by atoms with van der Waals surface area (Å²) in [5.41, 5.74) is 6.17. The van der Waals surface area contributed by atoms with Gasteiger partial charge in [-0.25, -0.2) is 4.98 Å². The number of thioether (sulfide) groups is 1. The fraction of sp³-hybridized carbons (Fsp3) is 0.545. The summed E-state index contributed by atoms with van der Waals surface area (Å²) in [5.74, 6) is 3.07. The minimum atomic E-state index is 0.470. The second-order valence-electron chi connectivity index (χ2n) is 3.85. The minimum Gasteiger partial charge on any atom is -0.335 e. The standard InChI is InChI=1S/C11H17N5OS/c1-2-5-18-7-10-14-11(17-15-10)9-6-16(4-3-12)8-13-9/h6,8H,2-5,7,12H2,1H3. The summed E-state index contributed by atoms with van der Waals surface area (Å²) in [6.45, 7) is 3.47. The summed E-state index contributed by atoms with van der Waals surface area (Å²) >= 11 is 1.80. The highest BCUT2D eigenvalue weighted by atomic mass is 32.2. The highest BCUT2D eigenvalue weighted by Gasteiger charge is 2.11. The zero-order valence-corrected chi connectivity index (χ0v) is 11.2. The molecule has 0 aliphatic heterocycles. The van der Waals surface area contributed by atoms with E-state index in [4.69, 9.17) is 10.3 Å². The van der Waals surface area contributed by atoms with Gasteiger partial charge in [-0.1, -0.05) is 12.1 Å². The van der Waals surface area contributed by atoms with Crippen molar-refractivity contribution in [2.24, 2.45) is 5.73 Å². The fourth-order valence-electron chi connectivity index (χ4n) is 1.47. The highest BCUT2D eigenvalue weighted by molar-refractivity contribution is 7.98. The lowest BCUT2D eigenvalue weighted by Crippen LogP contribution is -2.07. The number of aromatic nitrogens is 4. The van der Waals surface area contributed by atoms with E-state index in [9.17, 15) is 0 Å². The number of hydrogen-bond acceptors (Lipinski definition) is 6. The van der Waals surface area contributed by atoms with Crippen molar-refractivity contribution in [3.05, 3.63) is 18.3 Å². The van der Waals surface area contributed by atoms with Crippen molar-refractivity contribution in [2.75, 3.05) is 12.3 Å². The Hall–Kier alpha value is -1.34. The van der Waals surface area contributed by atoms with Gasteiger partial charge < -0.3 is 14.8 Å². The maximum atomic E-state index is 5.48. The van der Waals surface area contributed by atoms with Gasteiger partial charge in [0.15, 0.2) is 5.82 Å². The number of imidazole rings is 1. The Labute approximate surface area is 110 Å². The Kier molecular flexibility index (Phi) is 4.77. The molecule has 2 heterocycles. The summed E-state index contributed by atoms with van der Waals surface area (Å²) < 4.78 is 7.10. The number of nitrogens with zero attached hydrogens (tertiary/aromatic N) is 4. The van der Waals surface area contributed by atoms with Crippen molar-refractivity contribution in [3.8, 4) is 11.6 Å². The van der Waals surface area contributed by atoms with Gasteiger partial charge in [-0.15, -0.1) is 0 Å². The van der Waals surface area contributed by atoms with E-state index in [1.807, 2.05) is 10.8 Å². The predicted octanol–water partition coefficient (Wildman–Crippen LogP) is 1.53. The Morgan fingerprint density at radius 1 is 1.50 bits per heavy atom. The average molecular weight is 267 g/mol. The minimum absolute atomic E-state index is 0.470. The van der Waals surface area contributed by atoms with Gasteiger partial charge in [0.05, 0.1) is 12.1 Å². The van der Waals surface area contributed by atoms with Crippen LogP contribution in [-0.2, 0) is 12.3 Å². The summed E-state index contributed by atoms with van der Waals surface area (Å²) in [6.07, 6.45) is 4.74. The van der Waals surface area contributed by atoms with Gasteiger partial charge in [-0.3, -0.25) is 0 Å². The van der Waals surface area contributed by atoms with Gasteiger partial charge >= 0.3 is 0 Å². The summed E-state index contributed by atoms with van der Waals surface area (Å²) in [4.78, 5) is 8.54. The molecule has 2 rings (SSSR count). The zero-order valence-electron chi connectivity index (χ0n) is 10.4. The molecule has 7 heteroatoms. The molecule has 0 fully saturated rings. The largest absolute Gasteiger partial charge is 0.335 e. The third-order valence-electron chi connectivity index (χ3n) is 2.29. The predicted molar refractivity (Wildman–Crippen MR) is 71.0 cm³/mol. The first-order valence-electron chi connectivity index (χ1n) is 5.96. The van der Waals surface area contributed by atoms with Crippen LogP contribution in [-0.4, -0.2) is 32.0 Å². The molecule has 0 saturated carbocycles. The van der Waals surface area contributed by atoms with Crippen LogP contribution in [0.2, 0.25) is 0 Å². The number of nitrogens with two attached hydrogens (primary N) is 1. The molecule has 0 unspecified atom stereocenters. The van der Waals surface area contributed by atoms with E-state index in [0.717, 1.165) is 30.3 Å². The van der Waals surface area contributed by atoms with Crippen LogP contribution in [0.5, 0.6) is 0 Å². The summed E-state index contributed by atoms with van der Waals surface area (Å²) in [7, 11) is 0. The molecule has 0 bridgehead atoms. The van der Waals surface area contributed by atoms with Gasteiger partial charge in [-0.05, 0) is 12.2 Å². The van der Waals surface area contributed by atoms with Crippen LogP contribution in [0.4, 0.5) is 0 Å². The van der Waals surface area contributed by atoms with E-state index in [-0.39, 0.29) is 0 Å². The molecule has 0 aliphatic rings. The zero-order chi connectivity index (χ0) is 12.8. The van der Waals surface area contributed by atoms with E-state index in [0.29, 0.717) is 18.1 Å². The smallest absolute Gasteiger partial charge is 0.278 e. The highest BCUT2D eigenvalue weighted by Crippen LogP contribution is 2.17. The molecule has 98 valence electrons. The average Bonchev–Trinajstić information content (AvgIpc) is 2.98. The van der Waals surface area contributed by atoms with Gasteiger partial charge in [0.1, 0.15) is 5.69 Å². The van der Waals surface area contributed by atoms with Crippen LogP contribution in [0.3, 0.4) is 0 Å². The summed E-state index contributed by atoms with van der Waals surface area (Å²) in [5, 5.41) is 3.94. The Morgan fingerprint density at radius 3 is 3.17 bits per heavy atom. The van der Waals surface area contributed by atoms with Crippen molar-refractivity contribution in [2.45, 2.75) is 25.6 Å². The molecule has 0 atom stereocenters. The topological polar surface area (TPSA) is 82.8 Å². The number of rotatable bonds is 7. The lowest BCUT2D eigenvalue weighted by molar-refractivity contribution is 0.424.